The maximum absolute atomic E-state index is 13.9. The van der Waals surface area contributed by atoms with E-state index < -0.39 is 15.8 Å². The first kappa shape index (κ1) is 22.1. The van der Waals surface area contributed by atoms with Gasteiger partial charge in [-0.05, 0) is 55.3 Å². The van der Waals surface area contributed by atoms with E-state index >= 15 is 0 Å². The molecule has 3 aromatic carbocycles. The monoisotopic (exact) mass is 478 g/mol. The van der Waals surface area contributed by atoms with Crippen molar-refractivity contribution in [3.63, 3.8) is 0 Å². The smallest absolute Gasteiger partial charge is 0.262 e. The molecule has 1 aromatic heterocycles. The molecular weight excluding hydrogens is 455 g/mol. The van der Waals surface area contributed by atoms with E-state index in [2.05, 4.69) is 14.7 Å². The van der Waals surface area contributed by atoms with Gasteiger partial charge in [0.15, 0.2) is 0 Å². The summed E-state index contributed by atoms with van der Waals surface area (Å²) in [6.07, 6.45) is 1.52. The van der Waals surface area contributed by atoms with Crippen LogP contribution in [0.4, 0.5) is 10.1 Å². The predicted octanol–water partition coefficient (Wildman–Crippen LogP) is 4.52. The number of rotatable bonds is 5. The molecule has 2 N–H and O–H groups in total. The number of benzene rings is 3. The van der Waals surface area contributed by atoms with Crippen LogP contribution < -0.4 is 4.72 Å². The fraction of sp³-hybridized carbons (Fsp3) is 0.200. The molecule has 1 fully saturated rings. The van der Waals surface area contributed by atoms with Gasteiger partial charge in [0.25, 0.3) is 15.9 Å². The number of fused-ring (bicyclic) bond motifs is 1. The summed E-state index contributed by atoms with van der Waals surface area (Å²) in [5.74, 6) is 0.255. The summed E-state index contributed by atoms with van der Waals surface area (Å²) in [5, 5.41) is 0. The number of hydrogen-bond donors (Lipinski definition) is 2. The standard InChI is InChI=1S/C25H23FN4O3S/c26-20-8-1-2-9-21(20)29-34(32,33)19-7-5-6-18(16-19)25(31)30-14-12-17(13-15-30)24-27-22-10-3-4-11-23(22)28-24/h1-11,16-17,29H,12-15H2,(H,27,28). The zero-order valence-corrected chi connectivity index (χ0v) is 19.1. The second kappa shape index (κ2) is 8.90. The van der Waals surface area contributed by atoms with Crippen LogP contribution in [0.5, 0.6) is 0 Å². The van der Waals surface area contributed by atoms with Crippen molar-refractivity contribution in [2.45, 2.75) is 23.7 Å². The number of piperidine rings is 1. The minimum Gasteiger partial charge on any atom is -0.342 e. The van der Waals surface area contributed by atoms with Crippen molar-refractivity contribution in [3.05, 3.63) is 90.0 Å². The Labute approximate surface area is 196 Å². The van der Waals surface area contributed by atoms with Crippen molar-refractivity contribution in [1.82, 2.24) is 14.9 Å². The summed E-state index contributed by atoms with van der Waals surface area (Å²) in [7, 11) is -4.05. The van der Waals surface area contributed by atoms with Crippen molar-refractivity contribution in [1.29, 1.82) is 0 Å². The highest BCUT2D eigenvalue weighted by Crippen LogP contribution is 2.29. The normalized spacial score (nSPS) is 14.9. The SMILES string of the molecule is O=C(c1cccc(S(=O)(=O)Nc2ccccc2F)c1)N1CCC(c2nc3ccccc3[nH]2)CC1. The van der Waals surface area contributed by atoms with E-state index in [1.807, 2.05) is 24.3 Å². The Morgan fingerprint density at radius 2 is 1.74 bits per heavy atom. The number of sulfonamides is 1. The highest BCUT2D eigenvalue weighted by Gasteiger charge is 2.27. The molecule has 1 aliphatic heterocycles. The molecule has 0 radical (unpaired) electrons. The number of hydrogen-bond acceptors (Lipinski definition) is 4. The van der Waals surface area contributed by atoms with E-state index in [1.165, 1.54) is 42.5 Å². The van der Waals surface area contributed by atoms with E-state index in [0.717, 1.165) is 29.7 Å². The highest BCUT2D eigenvalue weighted by atomic mass is 32.2. The average molecular weight is 479 g/mol. The number of likely N-dealkylation sites (tertiary alicyclic amines) is 1. The first-order valence-corrected chi connectivity index (χ1v) is 12.5. The Hall–Kier alpha value is -3.72. The quantitative estimate of drug-likeness (QED) is 0.441. The van der Waals surface area contributed by atoms with Gasteiger partial charge in [0.1, 0.15) is 11.6 Å². The molecule has 0 bridgehead atoms. The molecule has 2 heterocycles. The second-order valence-corrected chi connectivity index (χ2v) is 10.0. The third-order valence-corrected chi connectivity index (χ3v) is 7.45. The first-order chi connectivity index (χ1) is 16.4. The largest absolute Gasteiger partial charge is 0.342 e. The Morgan fingerprint density at radius 1 is 1.00 bits per heavy atom. The number of halogens is 1. The summed E-state index contributed by atoms with van der Waals surface area (Å²) < 4.78 is 41.7. The molecule has 4 aromatic rings. The van der Waals surface area contributed by atoms with Gasteiger partial charge in [0.2, 0.25) is 0 Å². The van der Waals surface area contributed by atoms with Crippen LogP contribution in [-0.4, -0.2) is 42.3 Å². The van der Waals surface area contributed by atoms with Crippen LogP contribution in [0.1, 0.15) is 34.9 Å². The van der Waals surface area contributed by atoms with Gasteiger partial charge in [-0.3, -0.25) is 9.52 Å². The summed E-state index contributed by atoms with van der Waals surface area (Å²) in [6, 6.07) is 19.2. The lowest BCUT2D eigenvalue weighted by atomic mass is 9.95. The van der Waals surface area contributed by atoms with E-state index in [9.17, 15) is 17.6 Å². The minimum atomic E-state index is -4.05. The van der Waals surface area contributed by atoms with Gasteiger partial charge in [0, 0.05) is 24.6 Å². The van der Waals surface area contributed by atoms with Crippen LogP contribution in [0.2, 0.25) is 0 Å². The van der Waals surface area contributed by atoms with Crippen LogP contribution in [0.25, 0.3) is 11.0 Å². The third kappa shape index (κ3) is 4.38. The highest BCUT2D eigenvalue weighted by molar-refractivity contribution is 7.92. The Bertz CT molecular complexity index is 1430. The summed E-state index contributed by atoms with van der Waals surface area (Å²) in [4.78, 5) is 22.8. The molecule has 1 aliphatic rings. The molecule has 174 valence electrons. The second-order valence-electron chi connectivity index (χ2n) is 8.32. The average Bonchev–Trinajstić information content (AvgIpc) is 3.29. The molecule has 1 saturated heterocycles. The number of carbonyl (C=O) groups is 1. The molecule has 1 amide bonds. The first-order valence-electron chi connectivity index (χ1n) is 11.0. The molecule has 9 heteroatoms. The van der Waals surface area contributed by atoms with E-state index in [0.29, 0.717) is 13.1 Å². The Morgan fingerprint density at radius 3 is 2.50 bits per heavy atom. The van der Waals surface area contributed by atoms with Gasteiger partial charge in [-0.1, -0.05) is 30.3 Å². The lowest BCUT2D eigenvalue weighted by Gasteiger charge is -2.31. The van der Waals surface area contributed by atoms with Crippen LogP contribution >= 0.6 is 0 Å². The fourth-order valence-corrected chi connectivity index (χ4v) is 5.36. The van der Waals surface area contributed by atoms with E-state index in [1.54, 1.807) is 11.0 Å². The number of carbonyl (C=O) groups excluding carboxylic acids is 1. The van der Waals surface area contributed by atoms with Gasteiger partial charge < -0.3 is 9.88 Å². The van der Waals surface area contributed by atoms with Crippen molar-refractivity contribution < 1.29 is 17.6 Å². The minimum absolute atomic E-state index is 0.0984. The maximum Gasteiger partial charge on any atom is 0.262 e. The van der Waals surface area contributed by atoms with E-state index in [-0.39, 0.29) is 28.0 Å². The molecule has 0 atom stereocenters. The molecule has 0 spiro atoms. The molecule has 7 nitrogen and oxygen atoms in total. The lowest BCUT2D eigenvalue weighted by Crippen LogP contribution is -2.38. The molecule has 0 aliphatic carbocycles. The molecule has 0 unspecified atom stereocenters. The number of nitrogens with zero attached hydrogens (tertiary/aromatic N) is 2. The topological polar surface area (TPSA) is 95.2 Å². The van der Waals surface area contributed by atoms with Gasteiger partial charge in [-0.15, -0.1) is 0 Å². The fourth-order valence-electron chi connectivity index (χ4n) is 4.25. The number of aromatic nitrogens is 2. The predicted molar refractivity (Wildman–Crippen MR) is 128 cm³/mol. The van der Waals surface area contributed by atoms with Crippen molar-refractivity contribution in [2.75, 3.05) is 17.8 Å². The van der Waals surface area contributed by atoms with Crippen LogP contribution in [0.15, 0.2) is 77.7 Å². The van der Waals surface area contributed by atoms with Crippen molar-refractivity contribution in [3.8, 4) is 0 Å². The van der Waals surface area contributed by atoms with Gasteiger partial charge in [-0.2, -0.15) is 0 Å². The number of para-hydroxylation sites is 3. The third-order valence-electron chi connectivity index (χ3n) is 6.09. The van der Waals surface area contributed by atoms with E-state index in [4.69, 9.17) is 0 Å². The maximum atomic E-state index is 13.9. The van der Waals surface area contributed by atoms with Crippen LogP contribution in [0, 0.1) is 5.82 Å². The van der Waals surface area contributed by atoms with Gasteiger partial charge in [-0.25, -0.2) is 17.8 Å². The molecule has 0 saturated carbocycles. The number of amides is 1. The zero-order chi connectivity index (χ0) is 23.7. The number of H-pyrrole nitrogens is 1. The van der Waals surface area contributed by atoms with Crippen molar-refractivity contribution >= 4 is 32.7 Å². The Kier molecular flexibility index (Phi) is 5.79. The van der Waals surface area contributed by atoms with Crippen LogP contribution in [-0.2, 0) is 10.0 Å². The summed E-state index contributed by atoms with van der Waals surface area (Å²) in [6.45, 7) is 1.09. The lowest BCUT2D eigenvalue weighted by molar-refractivity contribution is 0.0711. The van der Waals surface area contributed by atoms with Gasteiger partial charge in [0.05, 0.1) is 21.6 Å². The number of aromatic amines is 1. The molecular formula is C25H23FN4O3S. The van der Waals surface area contributed by atoms with Crippen LogP contribution in [0.3, 0.4) is 0 Å². The molecule has 5 rings (SSSR count). The number of imidazole rings is 1. The van der Waals surface area contributed by atoms with Gasteiger partial charge >= 0.3 is 0 Å². The molecule has 34 heavy (non-hydrogen) atoms. The number of nitrogens with one attached hydrogen (secondary N) is 2. The number of anilines is 1. The Balaban J connectivity index is 1.28. The zero-order valence-electron chi connectivity index (χ0n) is 18.2. The summed E-state index contributed by atoms with van der Waals surface area (Å²) in [5.41, 5.74) is 2.06. The van der Waals surface area contributed by atoms with Crippen molar-refractivity contribution in [2.24, 2.45) is 0 Å². The summed E-state index contributed by atoms with van der Waals surface area (Å²) >= 11 is 0.